The number of ketones is 1. The van der Waals surface area contributed by atoms with Crippen molar-refractivity contribution >= 4 is 17.6 Å². The van der Waals surface area contributed by atoms with Gasteiger partial charge in [0.15, 0.2) is 5.78 Å². The van der Waals surface area contributed by atoms with Crippen LogP contribution in [0.4, 0.5) is 0 Å². The zero-order valence-corrected chi connectivity index (χ0v) is 9.82. The van der Waals surface area contributed by atoms with Gasteiger partial charge in [0.2, 0.25) is 11.8 Å². The third kappa shape index (κ3) is 4.88. The molecule has 0 heterocycles. The first-order valence-corrected chi connectivity index (χ1v) is 5.13. The lowest BCUT2D eigenvalue weighted by atomic mass is 10.0. The number of hydrogen-bond donors (Lipinski definition) is 3. The zero-order chi connectivity index (χ0) is 12.9. The predicted molar refractivity (Wildman–Crippen MR) is 59.2 cm³/mol. The fraction of sp³-hybridized carbons (Fsp3) is 0.700. The fourth-order valence-electron chi connectivity index (χ4n) is 1.20. The number of amides is 2. The van der Waals surface area contributed by atoms with Gasteiger partial charge in [-0.3, -0.25) is 14.4 Å². The Labute approximate surface area is 94.7 Å². The van der Waals surface area contributed by atoms with Gasteiger partial charge < -0.3 is 16.8 Å². The monoisotopic (exact) mass is 229 g/mol. The lowest BCUT2D eigenvalue weighted by molar-refractivity contribution is -0.130. The van der Waals surface area contributed by atoms with Crippen LogP contribution in [0.2, 0.25) is 0 Å². The van der Waals surface area contributed by atoms with Crippen molar-refractivity contribution in [3.8, 4) is 0 Å². The van der Waals surface area contributed by atoms with Gasteiger partial charge in [-0.1, -0.05) is 13.8 Å². The minimum absolute atomic E-state index is 0.0837. The van der Waals surface area contributed by atoms with Crippen LogP contribution >= 0.6 is 0 Å². The SMILES string of the molecule is CC(C)C(=O)C(C)NC(=O)C(N)CC(N)=O. The summed E-state index contributed by atoms with van der Waals surface area (Å²) in [6.45, 7) is 5.07. The molecule has 0 aliphatic carbocycles. The number of carbonyl (C=O) groups is 3. The Morgan fingerprint density at radius 3 is 2.06 bits per heavy atom. The number of nitrogens with two attached hydrogens (primary N) is 2. The highest BCUT2D eigenvalue weighted by atomic mass is 16.2. The van der Waals surface area contributed by atoms with Crippen LogP contribution in [0.1, 0.15) is 27.2 Å². The molecule has 6 nitrogen and oxygen atoms in total. The van der Waals surface area contributed by atoms with E-state index in [4.69, 9.17) is 11.5 Å². The van der Waals surface area contributed by atoms with Crippen LogP contribution in [-0.4, -0.2) is 29.7 Å². The van der Waals surface area contributed by atoms with Gasteiger partial charge in [-0.25, -0.2) is 0 Å². The molecule has 0 radical (unpaired) electrons. The molecular formula is C10H19N3O3. The van der Waals surface area contributed by atoms with Crippen LogP contribution in [0.5, 0.6) is 0 Å². The molecule has 0 saturated heterocycles. The standard InChI is InChI=1S/C10H19N3O3/c1-5(2)9(15)6(3)13-10(16)7(11)4-8(12)14/h5-7H,4,11H2,1-3H3,(H2,12,14)(H,13,16). The first-order valence-electron chi connectivity index (χ1n) is 5.13. The molecule has 2 unspecified atom stereocenters. The average molecular weight is 229 g/mol. The third-order valence-electron chi connectivity index (χ3n) is 2.11. The Morgan fingerprint density at radius 1 is 1.19 bits per heavy atom. The van der Waals surface area contributed by atoms with E-state index >= 15 is 0 Å². The van der Waals surface area contributed by atoms with Crippen LogP contribution in [0.3, 0.4) is 0 Å². The molecule has 0 bridgehead atoms. The molecule has 0 saturated carbocycles. The van der Waals surface area contributed by atoms with E-state index in [2.05, 4.69) is 5.32 Å². The summed E-state index contributed by atoms with van der Waals surface area (Å²) in [5.74, 6) is -1.44. The van der Waals surface area contributed by atoms with Crippen molar-refractivity contribution in [1.82, 2.24) is 5.32 Å². The van der Waals surface area contributed by atoms with Gasteiger partial charge in [-0.05, 0) is 6.92 Å². The molecule has 5 N–H and O–H groups in total. The number of rotatable bonds is 6. The summed E-state index contributed by atoms with van der Waals surface area (Å²) in [7, 11) is 0. The second-order valence-electron chi connectivity index (χ2n) is 4.06. The molecule has 0 aromatic heterocycles. The van der Waals surface area contributed by atoms with E-state index in [0.717, 1.165) is 0 Å². The maximum atomic E-state index is 11.5. The fourth-order valence-corrected chi connectivity index (χ4v) is 1.20. The quantitative estimate of drug-likeness (QED) is 0.537. The largest absolute Gasteiger partial charge is 0.370 e. The molecule has 0 aliphatic rings. The Kier molecular flexibility index (Phi) is 5.66. The molecule has 0 rings (SSSR count). The first-order chi connectivity index (χ1) is 7.25. The second kappa shape index (κ2) is 6.22. The highest BCUT2D eigenvalue weighted by Crippen LogP contribution is 1.99. The van der Waals surface area contributed by atoms with Crippen LogP contribution in [0, 0.1) is 5.92 Å². The highest BCUT2D eigenvalue weighted by Gasteiger charge is 2.22. The lowest BCUT2D eigenvalue weighted by Gasteiger charge is -2.17. The molecule has 0 aromatic rings. The van der Waals surface area contributed by atoms with Gasteiger partial charge in [-0.15, -0.1) is 0 Å². The number of primary amides is 1. The van der Waals surface area contributed by atoms with Crippen molar-refractivity contribution in [3.63, 3.8) is 0 Å². The molecule has 92 valence electrons. The number of nitrogens with one attached hydrogen (secondary N) is 1. The lowest BCUT2D eigenvalue weighted by Crippen LogP contribution is -2.49. The van der Waals surface area contributed by atoms with E-state index in [1.54, 1.807) is 20.8 Å². The van der Waals surface area contributed by atoms with Crippen LogP contribution < -0.4 is 16.8 Å². The van der Waals surface area contributed by atoms with Crippen molar-refractivity contribution in [2.75, 3.05) is 0 Å². The van der Waals surface area contributed by atoms with E-state index in [0.29, 0.717) is 0 Å². The molecule has 0 aliphatic heterocycles. The van der Waals surface area contributed by atoms with Crippen molar-refractivity contribution in [3.05, 3.63) is 0 Å². The molecule has 16 heavy (non-hydrogen) atoms. The van der Waals surface area contributed by atoms with Crippen LogP contribution in [-0.2, 0) is 14.4 Å². The summed E-state index contributed by atoms with van der Waals surface area (Å²) in [5.41, 5.74) is 10.3. The van der Waals surface area contributed by atoms with Gasteiger partial charge in [0.1, 0.15) is 0 Å². The Bertz CT molecular complexity index is 289. The number of Topliss-reactive ketones (excluding diaryl/α,β-unsaturated/α-hetero) is 1. The zero-order valence-electron chi connectivity index (χ0n) is 9.82. The predicted octanol–water partition coefficient (Wildman–Crippen LogP) is -1.08. The van der Waals surface area contributed by atoms with Crippen LogP contribution in [0.25, 0.3) is 0 Å². The second-order valence-corrected chi connectivity index (χ2v) is 4.06. The number of hydrogen-bond acceptors (Lipinski definition) is 4. The minimum Gasteiger partial charge on any atom is -0.370 e. The van der Waals surface area contributed by atoms with E-state index in [9.17, 15) is 14.4 Å². The topological polar surface area (TPSA) is 115 Å². The normalized spacial score (nSPS) is 14.3. The van der Waals surface area contributed by atoms with E-state index in [1.807, 2.05) is 0 Å². The Hall–Kier alpha value is -1.43. The molecule has 2 amide bonds. The first kappa shape index (κ1) is 14.6. The molecule has 0 aromatic carbocycles. The van der Waals surface area contributed by atoms with Crippen molar-refractivity contribution in [2.24, 2.45) is 17.4 Å². The molecular weight excluding hydrogens is 210 g/mol. The maximum Gasteiger partial charge on any atom is 0.238 e. The van der Waals surface area contributed by atoms with E-state index < -0.39 is 23.9 Å². The summed E-state index contributed by atoms with van der Waals surface area (Å²) < 4.78 is 0. The Balaban J connectivity index is 4.23. The maximum absolute atomic E-state index is 11.5. The third-order valence-corrected chi connectivity index (χ3v) is 2.11. The average Bonchev–Trinajstić information content (AvgIpc) is 2.14. The smallest absolute Gasteiger partial charge is 0.238 e. The van der Waals surface area contributed by atoms with Gasteiger partial charge in [0.05, 0.1) is 18.5 Å². The Morgan fingerprint density at radius 2 is 1.69 bits per heavy atom. The van der Waals surface area contributed by atoms with Gasteiger partial charge >= 0.3 is 0 Å². The van der Waals surface area contributed by atoms with Gasteiger partial charge in [-0.2, -0.15) is 0 Å². The summed E-state index contributed by atoms with van der Waals surface area (Å²) in [5, 5.41) is 2.44. The highest BCUT2D eigenvalue weighted by molar-refractivity contribution is 5.93. The molecule has 6 heteroatoms. The summed E-state index contributed by atoms with van der Waals surface area (Å²) in [6, 6.07) is -1.61. The summed E-state index contributed by atoms with van der Waals surface area (Å²) in [6.07, 6.45) is -0.228. The van der Waals surface area contributed by atoms with Crippen molar-refractivity contribution < 1.29 is 14.4 Å². The van der Waals surface area contributed by atoms with Gasteiger partial charge in [0.25, 0.3) is 0 Å². The van der Waals surface area contributed by atoms with E-state index in [-0.39, 0.29) is 18.1 Å². The van der Waals surface area contributed by atoms with Gasteiger partial charge in [0, 0.05) is 5.92 Å². The minimum atomic E-state index is -1.00. The number of carbonyl (C=O) groups excluding carboxylic acids is 3. The van der Waals surface area contributed by atoms with Crippen molar-refractivity contribution in [2.45, 2.75) is 39.3 Å². The van der Waals surface area contributed by atoms with E-state index in [1.165, 1.54) is 0 Å². The molecule has 2 atom stereocenters. The molecule has 0 fully saturated rings. The summed E-state index contributed by atoms with van der Waals surface area (Å²) in [4.78, 5) is 33.4. The summed E-state index contributed by atoms with van der Waals surface area (Å²) >= 11 is 0. The van der Waals surface area contributed by atoms with Crippen molar-refractivity contribution in [1.29, 1.82) is 0 Å². The molecule has 0 spiro atoms. The van der Waals surface area contributed by atoms with Crippen LogP contribution in [0.15, 0.2) is 0 Å².